The normalized spacial score (nSPS) is 31.7. The number of carbonyl (C=O) groups excluding carboxylic acids is 1. The van der Waals surface area contributed by atoms with E-state index in [1.807, 2.05) is 38.1 Å². The summed E-state index contributed by atoms with van der Waals surface area (Å²) in [6, 6.07) is 13.4. The Kier molecular flexibility index (Phi) is 5.88. The van der Waals surface area contributed by atoms with Gasteiger partial charge >= 0.3 is 0 Å². The van der Waals surface area contributed by atoms with Crippen LogP contribution in [0.15, 0.2) is 48.5 Å². The van der Waals surface area contributed by atoms with Crippen LogP contribution in [-0.4, -0.2) is 41.6 Å². The van der Waals surface area contributed by atoms with Crippen molar-refractivity contribution < 1.29 is 14.3 Å². The van der Waals surface area contributed by atoms with Gasteiger partial charge < -0.3 is 15.3 Å². The molecule has 0 saturated carbocycles. The number of nitrogens with one attached hydrogen (secondary N) is 1. The molecule has 2 N–H and O–H groups in total. The molecule has 30 heavy (non-hydrogen) atoms. The maximum atomic E-state index is 14.6. The Labute approximate surface area is 182 Å². The van der Waals surface area contributed by atoms with Gasteiger partial charge in [0.15, 0.2) is 0 Å². The second-order valence-electron chi connectivity index (χ2n) is 8.63. The van der Waals surface area contributed by atoms with E-state index in [1.165, 1.54) is 6.07 Å². The first kappa shape index (κ1) is 21.3. The summed E-state index contributed by atoms with van der Waals surface area (Å²) in [7, 11) is 0. The molecule has 2 aromatic rings. The summed E-state index contributed by atoms with van der Waals surface area (Å²) in [5.74, 6) is -0.777. The molecular formula is C24H28ClFN2O2. The number of rotatable bonds is 3. The van der Waals surface area contributed by atoms with E-state index in [9.17, 15) is 14.3 Å². The Morgan fingerprint density at radius 3 is 2.57 bits per heavy atom. The zero-order chi connectivity index (χ0) is 21.5. The maximum absolute atomic E-state index is 14.6. The molecule has 6 heteroatoms. The van der Waals surface area contributed by atoms with Gasteiger partial charge in [0.1, 0.15) is 11.4 Å². The number of aliphatic hydroxyl groups is 1. The lowest BCUT2D eigenvalue weighted by Crippen LogP contribution is -2.60. The minimum atomic E-state index is -1.43. The molecule has 0 radical (unpaired) electrons. The summed E-state index contributed by atoms with van der Waals surface area (Å²) in [5, 5.41) is 15.7. The van der Waals surface area contributed by atoms with Crippen molar-refractivity contribution in [3.63, 3.8) is 0 Å². The molecular weight excluding hydrogens is 403 g/mol. The van der Waals surface area contributed by atoms with Crippen LogP contribution in [0.4, 0.5) is 4.39 Å². The van der Waals surface area contributed by atoms with Crippen molar-refractivity contribution in [3.8, 4) is 0 Å². The van der Waals surface area contributed by atoms with Crippen LogP contribution < -0.4 is 5.32 Å². The molecule has 0 aromatic heterocycles. The number of hydrogen-bond donors (Lipinski definition) is 2. The summed E-state index contributed by atoms with van der Waals surface area (Å²) in [6.45, 7) is 5.62. The zero-order valence-electron chi connectivity index (χ0n) is 17.3. The third-order valence-corrected chi connectivity index (χ3v) is 7.33. The van der Waals surface area contributed by atoms with E-state index >= 15 is 0 Å². The fraction of sp³-hybridized carbons (Fsp3) is 0.458. The number of halogens is 2. The number of carbonyl (C=O) groups is 1. The van der Waals surface area contributed by atoms with Crippen LogP contribution >= 0.6 is 11.6 Å². The van der Waals surface area contributed by atoms with Gasteiger partial charge in [0, 0.05) is 36.1 Å². The molecule has 0 aliphatic carbocycles. The minimum absolute atomic E-state index is 0.00844. The topological polar surface area (TPSA) is 52.6 Å². The monoisotopic (exact) mass is 430 g/mol. The van der Waals surface area contributed by atoms with Gasteiger partial charge in [0.2, 0.25) is 5.91 Å². The maximum Gasteiger partial charge on any atom is 0.227 e. The summed E-state index contributed by atoms with van der Waals surface area (Å²) in [6.07, 6.45) is 0.618. The highest BCUT2D eigenvalue weighted by molar-refractivity contribution is 6.30. The molecule has 5 atom stereocenters. The lowest BCUT2D eigenvalue weighted by molar-refractivity contribution is -0.159. The summed E-state index contributed by atoms with van der Waals surface area (Å²) < 4.78 is 14.6. The molecule has 1 amide bonds. The number of amides is 1. The van der Waals surface area contributed by atoms with Gasteiger partial charge in [0.25, 0.3) is 0 Å². The average Bonchev–Trinajstić information content (AvgIpc) is 3.22. The summed E-state index contributed by atoms with van der Waals surface area (Å²) in [4.78, 5) is 15.4. The van der Waals surface area contributed by atoms with E-state index in [0.717, 1.165) is 5.56 Å². The van der Waals surface area contributed by atoms with Crippen molar-refractivity contribution in [1.82, 2.24) is 10.2 Å². The van der Waals surface area contributed by atoms with Crippen LogP contribution in [0.5, 0.6) is 0 Å². The largest absolute Gasteiger partial charge is 0.383 e. The van der Waals surface area contributed by atoms with Crippen LogP contribution in [0.2, 0.25) is 5.02 Å². The van der Waals surface area contributed by atoms with Crippen LogP contribution in [0.25, 0.3) is 0 Å². The molecule has 0 unspecified atom stereocenters. The lowest BCUT2D eigenvalue weighted by Gasteiger charge is -2.50. The van der Waals surface area contributed by atoms with E-state index in [-0.39, 0.29) is 29.2 Å². The molecule has 4 nitrogen and oxygen atoms in total. The number of benzene rings is 2. The molecule has 4 rings (SSSR count). The molecule has 2 aliphatic heterocycles. The van der Waals surface area contributed by atoms with Crippen LogP contribution in [0, 0.1) is 17.7 Å². The molecule has 0 spiro atoms. The number of nitrogens with zero attached hydrogens (tertiary/aromatic N) is 1. The SMILES string of the molecule is C[C@@H]1N(C(=O)[C@@H]2CNC[C@H]2c2ccc(Cl)cc2)CC[C@H](C)[C@@]1(O)c1ccccc1F. The van der Waals surface area contributed by atoms with Crippen LogP contribution in [-0.2, 0) is 10.4 Å². The Hall–Kier alpha value is -1.95. The van der Waals surface area contributed by atoms with Crippen LogP contribution in [0.1, 0.15) is 37.3 Å². The first-order valence-corrected chi connectivity index (χ1v) is 11.0. The van der Waals surface area contributed by atoms with Crippen molar-refractivity contribution >= 4 is 17.5 Å². The first-order chi connectivity index (χ1) is 14.3. The van der Waals surface area contributed by atoms with Gasteiger partial charge in [-0.15, -0.1) is 0 Å². The highest BCUT2D eigenvalue weighted by atomic mass is 35.5. The highest BCUT2D eigenvalue weighted by Crippen LogP contribution is 2.43. The van der Waals surface area contributed by atoms with E-state index in [0.29, 0.717) is 31.1 Å². The zero-order valence-corrected chi connectivity index (χ0v) is 18.1. The minimum Gasteiger partial charge on any atom is -0.383 e. The van der Waals surface area contributed by atoms with E-state index in [4.69, 9.17) is 11.6 Å². The Morgan fingerprint density at radius 2 is 1.87 bits per heavy atom. The molecule has 0 bridgehead atoms. The summed E-state index contributed by atoms with van der Waals surface area (Å²) in [5.41, 5.74) is -0.0902. The second-order valence-corrected chi connectivity index (χ2v) is 9.06. The summed E-state index contributed by atoms with van der Waals surface area (Å²) >= 11 is 6.02. The van der Waals surface area contributed by atoms with Gasteiger partial charge in [-0.2, -0.15) is 0 Å². The van der Waals surface area contributed by atoms with Crippen molar-refractivity contribution in [3.05, 3.63) is 70.5 Å². The van der Waals surface area contributed by atoms with Crippen molar-refractivity contribution in [2.45, 2.75) is 37.8 Å². The van der Waals surface area contributed by atoms with Crippen LogP contribution in [0.3, 0.4) is 0 Å². The average molecular weight is 431 g/mol. The number of piperidine rings is 1. The second kappa shape index (κ2) is 8.29. The van der Waals surface area contributed by atoms with Crippen molar-refractivity contribution in [2.75, 3.05) is 19.6 Å². The highest BCUT2D eigenvalue weighted by Gasteiger charge is 2.51. The Balaban J connectivity index is 1.62. The van der Waals surface area contributed by atoms with Gasteiger partial charge in [-0.3, -0.25) is 4.79 Å². The molecule has 2 fully saturated rings. The predicted molar refractivity (Wildman–Crippen MR) is 116 cm³/mol. The smallest absolute Gasteiger partial charge is 0.227 e. The number of likely N-dealkylation sites (tertiary alicyclic amines) is 1. The van der Waals surface area contributed by atoms with Crippen molar-refractivity contribution in [1.29, 1.82) is 0 Å². The van der Waals surface area contributed by atoms with E-state index in [2.05, 4.69) is 5.32 Å². The molecule has 2 heterocycles. The van der Waals surface area contributed by atoms with E-state index < -0.39 is 17.5 Å². The van der Waals surface area contributed by atoms with Crippen molar-refractivity contribution in [2.24, 2.45) is 11.8 Å². The van der Waals surface area contributed by atoms with E-state index in [1.54, 1.807) is 23.1 Å². The molecule has 160 valence electrons. The Bertz CT molecular complexity index is 922. The van der Waals surface area contributed by atoms with Gasteiger partial charge in [-0.05, 0) is 43.0 Å². The molecule has 2 aliphatic rings. The fourth-order valence-corrected chi connectivity index (χ4v) is 5.31. The molecule has 2 saturated heterocycles. The lowest BCUT2D eigenvalue weighted by atomic mass is 9.71. The standard InChI is InChI=1S/C24H28ClFN2O2/c1-15-11-12-28(16(2)24(15,30)21-5-3-4-6-22(21)26)23(29)20-14-27-13-19(20)17-7-9-18(25)10-8-17/h3-10,15-16,19-20,27,30H,11-14H2,1-2H3/t15-,16-,19-,20+,24-/m0/s1. The van der Waals surface area contributed by atoms with Gasteiger partial charge in [-0.25, -0.2) is 4.39 Å². The number of hydrogen-bond acceptors (Lipinski definition) is 3. The third kappa shape index (κ3) is 3.53. The quantitative estimate of drug-likeness (QED) is 0.775. The van der Waals surface area contributed by atoms with Gasteiger partial charge in [0.05, 0.1) is 12.0 Å². The Morgan fingerprint density at radius 1 is 1.17 bits per heavy atom. The first-order valence-electron chi connectivity index (χ1n) is 10.6. The van der Waals surface area contributed by atoms with Gasteiger partial charge in [-0.1, -0.05) is 48.9 Å². The fourth-order valence-electron chi connectivity index (χ4n) is 5.18. The predicted octanol–water partition coefficient (Wildman–Crippen LogP) is 3.93. The third-order valence-electron chi connectivity index (χ3n) is 7.08. The molecule has 2 aromatic carbocycles.